The molecule has 0 spiro atoms. The van der Waals surface area contributed by atoms with Gasteiger partial charge >= 0.3 is 11.9 Å². The summed E-state index contributed by atoms with van der Waals surface area (Å²) in [5, 5.41) is 29.7. The van der Waals surface area contributed by atoms with E-state index in [1.165, 1.54) is 11.8 Å². The van der Waals surface area contributed by atoms with Crippen molar-refractivity contribution in [3.63, 3.8) is 0 Å². The number of aliphatic hydroxyl groups excluding tert-OH is 1. The highest BCUT2D eigenvalue weighted by molar-refractivity contribution is 5.97. The number of carbonyl (C=O) groups is 7. The number of nitrogens with zero attached hydrogens (tertiary/aromatic N) is 1. The lowest BCUT2D eigenvalue weighted by molar-refractivity contribution is -0.156. The Labute approximate surface area is 266 Å². The van der Waals surface area contributed by atoms with E-state index in [9.17, 15) is 43.8 Å². The van der Waals surface area contributed by atoms with E-state index >= 15 is 0 Å². The molecule has 2 heterocycles. The number of carbonyl (C=O) groups excluding carboxylic acids is 6. The summed E-state index contributed by atoms with van der Waals surface area (Å²) >= 11 is 0. The summed E-state index contributed by atoms with van der Waals surface area (Å²) in [5.74, 6) is -6.48. The summed E-state index contributed by atoms with van der Waals surface area (Å²) in [5.41, 5.74) is 2.19. The lowest BCUT2D eigenvalue weighted by atomic mass is 9.89. The van der Waals surface area contributed by atoms with E-state index in [0.717, 1.165) is 11.1 Å². The summed E-state index contributed by atoms with van der Waals surface area (Å²) in [7, 11) is 0. The van der Waals surface area contributed by atoms with Crippen molar-refractivity contribution >= 4 is 41.5 Å². The Hall–Kier alpha value is -4.53. The van der Waals surface area contributed by atoms with Gasteiger partial charge in [-0.05, 0) is 36.3 Å². The van der Waals surface area contributed by atoms with Gasteiger partial charge in [-0.15, -0.1) is 0 Å². The second-order valence-corrected chi connectivity index (χ2v) is 12.4. The van der Waals surface area contributed by atoms with Crippen LogP contribution in [0.15, 0.2) is 18.2 Å². The molecular formula is C31H43N5O10. The lowest BCUT2D eigenvalue weighted by Crippen LogP contribution is -2.60. The lowest BCUT2D eigenvalue weighted by Gasteiger charge is -2.39. The summed E-state index contributed by atoms with van der Waals surface area (Å²) in [6.07, 6.45) is -2.21. The second-order valence-electron chi connectivity index (χ2n) is 12.4. The number of aliphatic hydroxyl groups is 1. The number of carboxylic acid groups (broad SMARTS) is 1. The fourth-order valence-corrected chi connectivity index (χ4v) is 5.53. The van der Waals surface area contributed by atoms with Gasteiger partial charge in [-0.25, -0.2) is 0 Å². The fourth-order valence-electron chi connectivity index (χ4n) is 5.53. The van der Waals surface area contributed by atoms with Gasteiger partial charge < -0.3 is 41.1 Å². The van der Waals surface area contributed by atoms with Gasteiger partial charge in [0.15, 0.2) is 0 Å². The van der Waals surface area contributed by atoms with Crippen molar-refractivity contribution in [2.45, 2.75) is 97.3 Å². The monoisotopic (exact) mass is 645 g/mol. The van der Waals surface area contributed by atoms with Crippen LogP contribution in [-0.4, -0.2) is 93.6 Å². The molecule has 3 rings (SSSR count). The first-order valence-electron chi connectivity index (χ1n) is 15.2. The maximum atomic E-state index is 14.2. The number of fused-ring (bicyclic) bond motifs is 1. The Morgan fingerprint density at radius 3 is 2.17 bits per heavy atom. The van der Waals surface area contributed by atoms with Crippen LogP contribution < -0.4 is 21.3 Å². The Kier molecular flexibility index (Phi) is 11.9. The van der Waals surface area contributed by atoms with E-state index in [1.807, 2.05) is 19.1 Å². The Morgan fingerprint density at radius 1 is 0.978 bits per heavy atom. The van der Waals surface area contributed by atoms with Crippen LogP contribution in [0.5, 0.6) is 0 Å². The molecule has 2 aliphatic rings. The molecular weight excluding hydrogens is 602 g/mol. The van der Waals surface area contributed by atoms with Gasteiger partial charge in [0.25, 0.3) is 0 Å². The molecule has 252 valence electrons. The van der Waals surface area contributed by atoms with Crippen molar-refractivity contribution in [1.29, 1.82) is 0 Å². The van der Waals surface area contributed by atoms with Gasteiger partial charge in [0.05, 0.1) is 12.8 Å². The molecule has 1 fully saturated rings. The number of aliphatic carboxylic acids is 1. The summed E-state index contributed by atoms with van der Waals surface area (Å²) in [6.45, 7) is 9.80. The van der Waals surface area contributed by atoms with Gasteiger partial charge in [-0.2, -0.15) is 0 Å². The van der Waals surface area contributed by atoms with E-state index in [-0.39, 0.29) is 18.9 Å². The van der Waals surface area contributed by atoms with E-state index in [1.54, 1.807) is 33.8 Å². The molecule has 46 heavy (non-hydrogen) atoms. The first-order chi connectivity index (χ1) is 21.5. The van der Waals surface area contributed by atoms with Crippen LogP contribution in [-0.2, 0) is 44.7 Å². The van der Waals surface area contributed by atoms with Gasteiger partial charge in [0, 0.05) is 13.5 Å². The van der Waals surface area contributed by atoms with Gasteiger partial charge in [-0.3, -0.25) is 33.6 Å². The minimum atomic E-state index is -1.58. The molecule has 5 amide bonds. The predicted octanol–water partition coefficient (Wildman–Crippen LogP) is -0.568. The van der Waals surface area contributed by atoms with E-state index in [4.69, 9.17) is 4.74 Å². The highest BCUT2D eigenvalue weighted by atomic mass is 16.6. The third-order valence-electron chi connectivity index (χ3n) is 7.92. The number of carboxylic acids is 1. The van der Waals surface area contributed by atoms with Crippen LogP contribution in [0.2, 0.25) is 0 Å². The molecule has 0 aliphatic carbocycles. The molecule has 0 bridgehead atoms. The normalized spacial score (nSPS) is 21.0. The largest absolute Gasteiger partial charge is 0.481 e. The zero-order valence-corrected chi connectivity index (χ0v) is 26.8. The molecule has 6 N–H and O–H groups in total. The summed E-state index contributed by atoms with van der Waals surface area (Å²) < 4.78 is 4.74. The number of hydrogen-bond donors (Lipinski definition) is 6. The molecule has 0 saturated carbocycles. The van der Waals surface area contributed by atoms with Gasteiger partial charge in [-0.1, -0.05) is 51.5 Å². The molecule has 2 aliphatic heterocycles. The quantitative estimate of drug-likeness (QED) is 0.159. The molecule has 15 heteroatoms. The van der Waals surface area contributed by atoms with E-state index in [0.29, 0.717) is 12.0 Å². The molecule has 6 atom stereocenters. The second kappa shape index (κ2) is 15.2. The van der Waals surface area contributed by atoms with Crippen molar-refractivity contribution in [2.24, 2.45) is 11.8 Å². The van der Waals surface area contributed by atoms with E-state index < -0.39 is 90.3 Å². The number of ether oxygens (including phenoxy) is 1. The van der Waals surface area contributed by atoms with Crippen molar-refractivity contribution in [2.75, 3.05) is 6.54 Å². The molecule has 1 aromatic carbocycles. The minimum absolute atomic E-state index is 0.0940. The maximum Gasteiger partial charge on any atom is 0.310 e. The summed E-state index contributed by atoms with van der Waals surface area (Å²) in [6, 6.07) is -0.568. The highest BCUT2D eigenvalue weighted by Gasteiger charge is 2.43. The zero-order chi connectivity index (χ0) is 34.5. The molecule has 0 radical (unpaired) electrons. The number of nitrogens with one attached hydrogen (secondary N) is 4. The summed E-state index contributed by atoms with van der Waals surface area (Å²) in [4.78, 5) is 90.7. The number of aryl methyl sites for hydroxylation is 1. The SMILES string of the molecule is CC(=O)N[C@H](C(=O)N[C@@H](CC(=O)O)C(=O)N[C@H](C(=O)N1CCc2ccc(C)cc2C1C(=O)N[C@H]1CC(=O)OC1O)C(C)C)C(C)C. The van der Waals surface area contributed by atoms with Crippen LogP contribution >= 0.6 is 0 Å². The average Bonchev–Trinajstić information content (AvgIpc) is 3.27. The highest BCUT2D eigenvalue weighted by Crippen LogP contribution is 2.32. The van der Waals surface area contributed by atoms with Crippen molar-refractivity contribution < 1.29 is 48.5 Å². The fraction of sp³-hybridized carbons (Fsp3) is 0.581. The standard InChI is InChI=1S/C31H43N5O10/c1-14(2)24(32-17(6)37)28(42)33-20(12-22(38)39)27(41)35-25(15(3)4)30(44)36-10-9-18-8-7-16(5)11-19(18)26(36)29(43)34-21-13-23(40)46-31(21)45/h7-8,11,14-15,20-21,24-26,31,45H,9-10,12-13H2,1-6H3,(H,32,37)(H,33,42)(H,34,43)(H,35,41)(H,38,39)/t20-,21-,24-,25-,26?,31?/m0/s1. The molecule has 1 aromatic rings. The van der Waals surface area contributed by atoms with Crippen LogP contribution in [0.3, 0.4) is 0 Å². The van der Waals surface area contributed by atoms with Crippen LogP contribution in [0, 0.1) is 18.8 Å². The molecule has 1 saturated heterocycles. The zero-order valence-electron chi connectivity index (χ0n) is 26.8. The number of hydrogen-bond acceptors (Lipinski definition) is 9. The number of esters is 1. The van der Waals surface area contributed by atoms with Crippen LogP contribution in [0.25, 0.3) is 0 Å². The molecule has 15 nitrogen and oxygen atoms in total. The van der Waals surface area contributed by atoms with Crippen LogP contribution in [0.4, 0.5) is 0 Å². The molecule has 0 aromatic heterocycles. The first kappa shape index (κ1) is 35.9. The number of rotatable bonds is 12. The van der Waals surface area contributed by atoms with Crippen molar-refractivity contribution in [3.05, 3.63) is 34.9 Å². The third-order valence-corrected chi connectivity index (χ3v) is 7.92. The van der Waals surface area contributed by atoms with Crippen molar-refractivity contribution in [3.8, 4) is 0 Å². The van der Waals surface area contributed by atoms with Gasteiger partial charge in [0.1, 0.15) is 30.2 Å². The smallest absolute Gasteiger partial charge is 0.310 e. The average molecular weight is 646 g/mol. The number of amides is 5. The minimum Gasteiger partial charge on any atom is -0.481 e. The third kappa shape index (κ3) is 8.80. The van der Waals surface area contributed by atoms with Crippen LogP contribution in [0.1, 0.15) is 70.2 Å². The maximum absolute atomic E-state index is 14.2. The number of benzene rings is 1. The Bertz CT molecular complexity index is 1380. The first-order valence-corrected chi connectivity index (χ1v) is 15.2. The van der Waals surface area contributed by atoms with Gasteiger partial charge in [0.2, 0.25) is 35.8 Å². The number of cyclic esters (lactones) is 1. The molecule has 2 unspecified atom stereocenters. The van der Waals surface area contributed by atoms with Crippen molar-refractivity contribution in [1.82, 2.24) is 26.2 Å². The Morgan fingerprint density at radius 2 is 1.63 bits per heavy atom. The topological polar surface area (TPSA) is 221 Å². The predicted molar refractivity (Wildman–Crippen MR) is 161 cm³/mol. The van der Waals surface area contributed by atoms with E-state index in [2.05, 4.69) is 21.3 Å². The Balaban J connectivity index is 1.90.